The van der Waals surface area contributed by atoms with Crippen LogP contribution in [0.15, 0.2) is 47.6 Å². The number of hydrogen-bond acceptors (Lipinski definition) is 2. The Kier molecular flexibility index (Phi) is 4.81. The molecule has 1 unspecified atom stereocenters. The molecule has 0 aliphatic heterocycles. The Morgan fingerprint density at radius 2 is 2.05 bits per heavy atom. The monoisotopic (exact) mass is 300 g/mol. The SMILES string of the molecule is COc1cccc(C(C)(O)/C=C/C2=C(C)CCCC2(C)C)c1. The van der Waals surface area contributed by atoms with Crippen LogP contribution in [0.4, 0.5) is 0 Å². The summed E-state index contributed by atoms with van der Waals surface area (Å²) < 4.78 is 5.25. The van der Waals surface area contributed by atoms with Gasteiger partial charge in [-0.05, 0) is 67.9 Å². The first kappa shape index (κ1) is 16.8. The maximum Gasteiger partial charge on any atom is 0.119 e. The van der Waals surface area contributed by atoms with Crippen molar-refractivity contribution in [2.75, 3.05) is 7.11 Å². The highest BCUT2D eigenvalue weighted by Crippen LogP contribution is 2.41. The summed E-state index contributed by atoms with van der Waals surface area (Å²) in [5.74, 6) is 0.763. The molecule has 0 saturated heterocycles. The third kappa shape index (κ3) is 3.61. The first-order valence-corrected chi connectivity index (χ1v) is 8.03. The van der Waals surface area contributed by atoms with Crippen LogP contribution in [-0.4, -0.2) is 12.2 Å². The molecular formula is C20H28O2. The van der Waals surface area contributed by atoms with Gasteiger partial charge in [0, 0.05) is 0 Å². The number of allylic oxidation sites excluding steroid dienone is 3. The Balaban J connectivity index is 2.31. The molecule has 2 rings (SSSR count). The Labute approximate surface area is 134 Å². The van der Waals surface area contributed by atoms with Gasteiger partial charge in [-0.2, -0.15) is 0 Å². The van der Waals surface area contributed by atoms with Crippen molar-refractivity contribution in [3.8, 4) is 5.75 Å². The van der Waals surface area contributed by atoms with Crippen LogP contribution in [0.5, 0.6) is 5.75 Å². The van der Waals surface area contributed by atoms with Gasteiger partial charge in [0.25, 0.3) is 0 Å². The number of aliphatic hydroxyl groups is 1. The van der Waals surface area contributed by atoms with E-state index in [1.807, 2.05) is 37.3 Å². The molecule has 1 atom stereocenters. The second-order valence-corrected chi connectivity index (χ2v) is 7.14. The van der Waals surface area contributed by atoms with Crippen molar-refractivity contribution in [3.63, 3.8) is 0 Å². The zero-order chi connectivity index (χ0) is 16.4. The van der Waals surface area contributed by atoms with Gasteiger partial charge in [-0.3, -0.25) is 0 Å². The largest absolute Gasteiger partial charge is 0.497 e. The quantitative estimate of drug-likeness (QED) is 0.849. The summed E-state index contributed by atoms with van der Waals surface area (Å²) in [6, 6.07) is 7.61. The lowest BCUT2D eigenvalue weighted by molar-refractivity contribution is 0.111. The fourth-order valence-corrected chi connectivity index (χ4v) is 3.29. The molecule has 22 heavy (non-hydrogen) atoms. The fraction of sp³-hybridized carbons (Fsp3) is 0.500. The molecule has 1 aromatic carbocycles. The summed E-state index contributed by atoms with van der Waals surface area (Å²) in [6.07, 6.45) is 7.64. The lowest BCUT2D eigenvalue weighted by Crippen LogP contribution is -2.21. The summed E-state index contributed by atoms with van der Waals surface area (Å²) in [5, 5.41) is 10.8. The van der Waals surface area contributed by atoms with Crippen LogP contribution in [0, 0.1) is 5.41 Å². The van der Waals surface area contributed by atoms with E-state index in [4.69, 9.17) is 4.74 Å². The molecule has 0 spiro atoms. The highest BCUT2D eigenvalue weighted by atomic mass is 16.5. The molecule has 120 valence electrons. The third-order valence-electron chi connectivity index (χ3n) is 4.77. The van der Waals surface area contributed by atoms with E-state index in [1.165, 1.54) is 24.0 Å². The highest BCUT2D eigenvalue weighted by Gasteiger charge is 2.28. The van der Waals surface area contributed by atoms with Crippen LogP contribution < -0.4 is 4.74 Å². The molecule has 1 aromatic rings. The molecule has 1 N–H and O–H groups in total. The maximum absolute atomic E-state index is 10.8. The van der Waals surface area contributed by atoms with Gasteiger partial charge in [0.15, 0.2) is 0 Å². The van der Waals surface area contributed by atoms with Gasteiger partial charge >= 0.3 is 0 Å². The number of hydrogen-bond donors (Lipinski definition) is 1. The molecule has 0 heterocycles. The molecule has 2 nitrogen and oxygen atoms in total. The van der Waals surface area contributed by atoms with Crippen molar-refractivity contribution in [1.82, 2.24) is 0 Å². The van der Waals surface area contributed by atoms with E-state index >= 15 is 0 Å². The Bertz CT molecular complexity index is 591. The summed E-state index contributed by atoms with van der Waals surface area (Å²) in [6.45, 7) is 8.61. The van der Waals surface area contributed by atoms with Crippen molar-refractivity contribution >= 4 is 0 Å². The number of methoxy groups -OCH3 is 1. The van der Waals surface area contributed by atoms with Gasteiger partial charge in [0.2, 0.25) is 0 Å². The lowest BCUT2D eigenvalue weighted by Gasteiger charge is -2.33. The van der Waals surface area contributed by atoms with Gasteiger partial charge in [-0.15, -0.1) is 0 Å². The topological polar surface area (TPSA) is 29.5 Å². The number of ether oxygens (including phenoxy) is 1. The van der Waals surface area contributed by atoms with E-state index in [9.17, 15) is 5.11 Å². The molecule has 0 aromatic heterocycles. The smallest absolute Gasteiger partial charge is 0.119 e. The predicted molar refractivity (Wildman–Crippen MR) is 92.0 cm³/mol. The van der Waals surface area contributed by atoms with Gasteiger partial charge < -0.3 is 9.84 Å². The van der Waals surface area contributed by atoms with Crippen LogP contribution in [0.25, 0.3) is 0 Å². The van der Waals surface area contributed by atoms with Crippen molar-refractivity contribution in [2.24, 2.45) is 5.41 Å². The second-order valence-electron chi connectivity index (χ2n) is 7.14. The Morgan fingerprint density at radius 3 is 2.68 bits per heavy atom. The number of benzene rings is 1. The highest BCUT2D eigenvalue weighted by molar-refractivity contribution is 5.38. The zero-order valence-electron chi connectivity index (χ0n) is 14.4. The average Bonchev–Trinajstić information content (AvgIpc) is 2.46. The van der Waals surface area contributed by atoms with Crippen molar-refractivity contribution in [2.45, 2.75) is 52.6 Å². The van der Waals surface area contributed by atoms with Gasteiger partial charge in [-0.25, -0.2) is 0 Å². The minimum atomic E-state index is -1.00. The van der Waals surface area contributed by atoms with Crippen molar-refractivity contribution in [3.05, 3.63) is 53.1 Å². The van der Waals surface area contributed by atoms with Crippen LogP contribution in [0.3, 0.4) is 0 Å². The Morgan fingerprint density at radius 1 is 1.32 bits per heavy atom. The summed E-state index contributed by atoms with van der Waals surface area (Å²) in [7, 11) is 1.64. The fourth-order valence-electron chi connectivity index (χ4n) is 3.29. The van der Waals surface area contributed by atoms with Crippen molar-refractivity contribution < 1.29 is 9.84 Å². The first-order valence-electron chi connectivity index (χ1n) is 8.03. The van der Waals surface area contributed by atoms with Gasteiger partial charge in [0.1, 0.15) is 11.4 Å². The van der Waals surface area contributed by atoms with Crippen LogP contribution >= 0.6 is 0 Å². The van der Waals surface area contributed by atoms with Gasteiger partial charge in [0.05, 0.1) is 7.11 Å². The van der Waals surface area contributed by atoms with E-state index in [2.05, 4.69) is 26.8 Å². The standard InChI is InChI=1S/C20H28O2/c1-15-8-7-12-19(2,3)18(15)11-13-20(4,21)16-9-6-10-17(14-16)22-5/h6,9-11,13-14,21H,7-8,12H2,1-5H3/b13-11+. The van der Waals surface area contributed by atoms with E-state index < -0.39 is 5.60 Å². The molecule has 1 aliphatic rings. The molecule has 0 amide bonds. The molecule has 0 fully saturated rings. The summed E-state index contributed by atoms with van der Waals surface area (Å²) in [4.78, 5) is 0. The molecule has 0 saturated carbocycles. The van der Waals surface area contributed by atoms with Crippen molar-refractivity contribution in [1.29, 1.82) is 0 Å². The molecule has 1 aliphatic carbocycles. The van der Waals surface area contributed by atoms with Crippen LogP contribution in [0.2, 0.25) is 0 Å². The van der Waals surface area contributed by atoms with E-state index in [0.717, 1.165) is 17.7 Å². The van der Waals surface area contributed by atoms with E-state index in [0.29, 0.717) is 0 Å². The zero-order valence-corrected chi connectivity index (χ0v) is 14.4. The normalized spacial score (nSPS) is 21.0. The summed E-state index contributed by atoms with van der Waals surface area (Å²) >= 11 is 0. The van der Waals surface area contributed by atoms with Crippen LogP contribution in [-0.2, 0) is 5.60 Å². The second kappa shape index (κ2) is 6.29. The Hall–Kier alpha value is -1.54. The lowest BCUT2D eigenvalue weighted by atomic mass is 9.72. The van der Waals surface area contributed by atoms with Crippen LogP contribution in [0.1, 0.15) is 52.5 Å². The van der Waals surface area contributed by atoms with E-state index in [-0.39, 0.29) is 5.41 Å². The minimum absolute atomic E-state index is 0.184. The minimum Gasteiger partial charge on any atom is -0.497 e. The molecule has 2 heteroatoms. The van der Waals surface area contributed by atoms with Gasteiger partial charge in [-0.1, -0.05) is 37.6 Å². The first-order chi connectivity index (χ1) is 10.3. The number of rotatable bonds is 4. The maximum atomic E-state index is 10.8. The predicted octanol–water partition coefficient (Wildman–Crippen LogP) is 4.99. The molecule has 0 radical (unpaired) electrons. The van der Waals surface area contributed by atoms with E-state index in [1.54, 1.807) is 7.11 Å². The molecular weight excluding hydrogens is 272 g/mol. The average molecular weight is 300 g/mol. The summed E-state index contributed by atoms with van der Waals surface area (Å²) in [5.41, 5.74) is 2.82. The molecule has 0 bridgehead atoms. The third-order valence-corrected chi connectivity index (χ3v) is 4.77.